The second-order valence-corrected chi connectivity index (χ2v) is 4.66. The number of hydrogen-bond acceptors (Lipinski definition) is 3. The summed E-state index contributed by atoms with van der Waals surface area (Å²) in [5.74, 6) is 0.879. The van der Waals surface area contributed by atoms with E-state index in [0.717, 1.165) is 17.8 Å². The maximum atomic E-state index is 4.34. The fourth-order valence-corrected chi connectivity index (χ4v) is 2.57. The summed E-state index contributed by atoms with van der Waals surface area (Å²) >= 11 is 3.50. The molecule has 1 aliphatic rings. The zero-order valence-electron chi connectivity index (χ0n) is 8.77. The van der Waals surface area contributed by atoms with Crippen LogP contribution >= 0.6 is 15.9 Å². The van der Waals surface area contributed by atoms with Crippen molar-refractivity contribution in [2.24, 2.45) is 0 Å². The lowest BCUT2D eigenvalue weighted by atomic mass is 10.2. The maximum Gasteiger partial charge on any atom is 0.225 e. The second kappa shape index (κ2) is 5.45. The molecule has 15 heavy (non-hydrogen) atoms. The molecule has 1 aliphatic carbocycles. The van der Waals surface area contributed by atoms with Crippen molar-refractivity contribution in [3.8, 4) is 0 Å². The van der Waals surface area contributed by atoms with Gasteiger partial charge in [-0.1, -0.05) is 28.8 Å². The van der Waals surface area contributed by atoms with Gasteiger partial charge in [0.2, 0.25) is 5.95 Å². The Labute approximate surface area is 99.0 Å². The molecule has 4 heteroatoms. The predicted molar refractivity (Wildman–Crippen MR) is 65.4 cm³/mol. The largest absolute Gasteiger partial charge is 0.337 e. The van der Waals surface area contributed by atoms with E-state index < -0.39 is 0 Å². The molecule has 0 N–H and O–H groups in total. The molecule has 0 saturated heterocycles. The van der Waals surface area contributed by atoms with Crippen LogP contribution in [-0.4, -0.2) is 27.9 Å². The van der Waals surface area contributed by atoms with Crippen molar-refractivity contribution in [3.63, 3.8) is 0 Å². The number of alkyl halides is 1. The topological polar surface area (TPSA) is 29.0 Å². The number of halogens is 1. The third kappa shape index (κ3) is 2.68. The minimum Gasteiger partial charge on any atom is -0.337 e. The summed E-state index contributed by atoms with van der Waals surface area (Å²) in [4.78, 5) is 11.0. The molecule has 0 bridgehead atoms. The zero-order valence-corrected chi connectivity index (χ0v) is 10.4. The number of hydrogen-bond donors (Lipinski definition) is 0. The smallest absolute Gasteiger partial charge is 0.225 e. The minimum atomic E-state index is 0.643. The van der Waals surface area contributed by atoms with Gasteiger partial charge in [0.15, 0.2) is 0 Å². The van der Waals surface area contributed by atoms with Gasteiger partial charge in [-0.2, -0.15) is 0 Å². The molecular weight excluding hydrogens is 254 g/mol. The van der Waals surface area contributed by atoms with E-state index in [1.54, 1.807) is 0 Å². The Morgan fingerprint density at radius 3 is 2.53 bits per heavy atom. The maximum absolute atomic E-state index is 4.34. The molecule has 0 aromatic carbocycles. The Hall–Kier alpha value is -0.640. The SMILES string of the molecule is BrCCN(c1ncccn1)C1CCCC1. The summed E-state index contributed by atoms with van der Waals surface area (Å²) in [6.45, 7) is 0.995. The van der Waals surface area contributed by atoms with E-state index in [1.807, 2.05) is 18.5 Å². The summed E-state index contributed by atoms with van der Waals surface area (Å²) in [5, 5.41) is 0.974. The Bertz CT molecular complexity index is 285. The minimum absolute atomic E-state index is 0.643. The zero-order chi connectivity index (χ0) is 10.5. The van der Waals surface area contributed by atoms with Crippen molar-refractivity contribution in [1.29, 1.82) is 0 Å². The highest BCUT2D eigenvalue weighted by Gasteiger charge is 2.23. The average molecular weight is 270 g/mol. The van der Waals surface area contributed by atoms with E-state index in [4.69, 9.17) is 0 Å². The Balaban J connectivity index is 2.11. The number of anilines is 1. The van der Waals surface area contributed by atoms with E-state index in [0.29, 0.717) is 6.04 Å². The summed E-state index contributed by atoms with van der Waals surface area (Å²) in [6, 6.07) is 2.51. The van der Waals surface area contributed by atoms with E-state index in [9.17, 15) is 0 Å². The third-order valence-electron chi connectivity index (χ3n) is 2.90. The van der Waals surface area contributed by atoms with Gasteiger partial charge in [-0.3, -0.25) is 0 Å². The van der Waals surface area contributed by atoms with Crippen molar-refractivity contribution in [1.82, 2.24) is 9.97 Å². The monoisotopic (exact) mass is 269 g/mol. The van der Waals surface area contributed by atoms with Gasteiger partial charge in [-0.15, -0.1) is 0 Å². The Morgan fingerprint density at radius 1 is 1.27 bits per heavy atom. The van der Waals surface area contributed by atoms with Crippen LogP contribution in [0.2, 0.25) is 0 Å². The molecule has 1 aromatic heterocycles. The quantitative estimate of drug-likeness (QED) is 0.787. The van der Waals surface area contributed by atoms with Gasteiger partial charge in [-0.25, -0.2) is 9.97 Å². The number of rotatable bonds is 4. The molecule has 0 radical (unpaired) electrons. The van der Waals surface area contributed by atoms with Crippen LogP contribution in [0.4, 0.5) is 5.95 Å². The van der Waals surface area contributed by atoms with Crippen LogP contribution < -0.4 is 4.90 Å². The van der Waals surface area contributed by atoms with E-state index in [1.165, 1.54) is 25.7 Å². The highest BCUT2D eigenvalue weighted by Crippen LogP contribution is 2.25. The van der Waals surface area contributed by atoms with Crippen LogP contribution in [0.25, 0.3) is 0 Å². The van der Waals surface area contributed by atoms with Crippen molar-refractivity contribution in [3.05, 3.63) is 18.5 Å². The lowest BCUT2D eigenvalue weighted by Crippen LogP contribution is -2.36. The van der Waals surface area contributed by atoms with Gasteiger partial charge in [0.05, 0.1) is 0 Å². The van der Waals surface area contributed by atoms with Crippen molar-refractivity contribution in [2.45, 2.75) is 31.7 Å². The molecule has 1 aromatic rings. The van der Waals surface area contributed by atoms with Gasteiger partial charge < -0.3 is 4.90 Å². The van der Waals surface area contributed by atoms with Crippen LogP contribution in [0.3, 0.4) is 0 Å². The molecule has 0 aliphatic heterocycles. The van der Waals surface area contributed by atoms with Gasteiger partial charge in [0, 0.05) is 30.3 Å². The summed E-state index contributed by atoms with van der Waals surface area (Å²) in [5.41, 5.74) is 0. The number of aromatic nitrogens is 2. The molecule has 2 rings (SSSR count). The van der Waals surface area contributed by atoms with E-state index in [2.05, 4.69) is 30.8 Å². The molecule has 0 spiro atoms. The first-order valence-corrected chi connectivity index (χ1v) is 6.63. The van der Waals surface area contributed by atoms with Crippen LogP contribution in [0, 0.1) is 0 Å². The molecule has 82 valence electrons. The van der Waals surface area contributed by atoms with E-state index in [-0.39, 0.29) is 0 Å². The molecule has 0 amide bonds. The van der Waals surface area contributed by atoms with Crippen molar-refractivity contribution in [2.75, 3.05) is 16.8 Å². The highest BCUT2D eigenvalue weighted by molar-refractivity contribution is 9.09. The fraction of sp³-hybridized carbons (Fsp3) is 0.636. The first-order valence-electron chi connectivity index (χ1n) is 5.51. The average Bonchev–Trinajstić information content (AvgIpc) is 2.80. The lowest BCUT2D eigenvalue weighted by molar-refractivity contribution is 0.608. The molecule has 1 saturated carbocycles. The Kier molecular flexibility index (Phi) is 3.94. The van der Waals surface area contributed by atoms with Gasteiger partial charge in [0.1, 0.15) is 0 Å². The lowest BCUT2D eigenvalue weighted by Gasteiger charge is -2.28. The normalized spacial score (nSPS) is 16.9. The van der Waals surface area contributed by atoms with Crippen LogP contribution in [-0.2, 0) is 0 Å². The van der Waals surface area contributed by atoms with Gasteiger partial charge in [-0.05, 0) is 18.9 Å². The predicted octanol–water partition coefficient (Wildman–Crippen LogP) is 2.62. The number of nitrogens with zero attached hydrogens (tertiary/aromatic N) is 3. The van der Waals surface area contributed by atoms with Crippen molar-refractivity contribution < 1.29 is 0 Å². The van der Waals surface area contributed by atoms with Gasteiger partial charge in [0.25, 0.3) is 0 Å². The van der Waals surface area contributed by atoms with Gasteiger partial charge >= 0.3 is 0 Å². The summed E-state index contributed by atoms with van der Waals surface area (Å²) < 4.78 is 0. The highest BCUT2D eigenvalue weighted by atomic mass is 79.9. The molecule has 1 heterocycles. The first-order chi connectivity index (χ1) is 7.42. The molecule has 0 atom stereocenters. The summed E-state index contributed by atoms with van der Waals surface area (Å²) in [6.07, 6.45) is 8.89. The fourth-order valence-electron chi connectivity index (χ4n) is 2.19. The second-order valence-electron chi connectivity index (χ2n) is 3.87. The molecule has 3 nitrogen and oxygen atoms in total. The first kappa shape index (κ1) is 10.9. The standard InChI is InChI=1S/C11H16BrN3/c12-6-9-15(10-4-1-2-5-10)11-13-7-3-8-14-11/h3,7-8,10H,1-2,4-6,9H2. The van der Waals surface area contributed by atoms with Crippen molar-refractivity contribution >= 4 is 21.9 Å². The van der Waals surface area contributed by atoms with Crippen LogP contribution in [0.5, 0.6) is 0 Å². The third-order valence-corrected chi connectivity index (χ3v) is 3.25. The molecule has 1 fully saturated rings. The van der Waals surface area contributed by atoms with E-state index >= 15 is 0 Å². The summed E-state index contributed by atoms with van der Waals surface area (Å²) in [7, 11) is 0. The Morgan fingerprint density at radius 2 is 1.93 bits per heavy atom. The van der Waals surface area contributed by atoms with Crippen LogP contribution in [0.15, 0.2) is 18.5 Å². The molecule has 0 unspecified atom stereocenters. The van der Waals surface area contributed by atoms with Crippen LogP contribution in [0.1, 0.15) is 25.7 Å². The molecular formula is C11H16BrN3.